The molecule has 4 rings (SSSR count). The van der Waals surface area contributed by atoms with Gasteiger partial charge in [0.2, 0.25) is 5.91 Å². The van der Waals surface area contributed by atoms with Crippen LogP contribution in [0.5, 0.6) is 0 Å². The number of carbonyl (C=O) groups is 2. The van der Waals surface area contributed by atoms with Crippen LogP contribution in [0.25, 0.3) is 0 Å². The zero-order chi connectivity index (χ0) is 18.1. The molecule has 1 fully saturated rings. The molecule has 0 N–H and O–H groups in total. The van der Waals surface area contributed by atoms with Crippen molar-refractivity contribution in [2.75, 3.05) is 13.1 Å². The molecule has 26 heavy (non-hydrogen) atoms. The van der Waals surface area contributed by atoms with Gasteiger partial charge in [0.1, 0.15) is 6.04 Å². The van der Waals surface area contributed by atoms with E-state index in [0.29, 0.717) is 18.5 Å². The number of aryl methyl sites for hydroxylation is 1. The Labute approximate surface area is 154 Å². The SMILES string of the molecule is Cc1ccc(C(=O)N2Cc3ccccc3C[C@@H]2C(=O)N2CCCC2)cc1. The average Bonchev–Trinajstić information content (AvgIpc) is 3.21. The van der Waals surface area contributed by atoms with Gasteiger partial charge in [-0.25, -0.2) is 0 Å². The average molecular weight is 348 g/mol. The first-order chi connectivity index (χ1) is 12.6. The van der Waals surface area contributed by atoms with E-state index in [-0.39, 0.29) is 11.8 Å². The van der Waals surface area contributed by atoms with Crippen LogP contribution in [0.15, 0.2) is 48.5 Å². The second-order valence-corrected chi connectivity index (χ2v) is 7.32. The highest BCUT2D eigenvalue weighted by Gasteiger charge is 2.37. The Kier molecular flexibility index (Phi) is 4.49. The summed E-state index contributed by atoms with van der Waals surface area (Å²) in [6.07, 6.45) is 2.71. The molecule has 0 saturated carbocycles. The van der Waals surface area contributed by atoms with Crippen molar-refractivity contribution < 1.29 is 9.59 Å². The van der Waals surface area contributed by atoms with Crippen molar-refractivity contribution in [2.45, 2.75) is 38.8 Å². The predicted molar refractivity (Wildman–Crippen MR) is 101 cm³/mol. The maximum absolute atomic E-state index is 13.2. The van der Waals surface area contributed by atoms with Crippen LogP contribution >= 0.6 is 0 Å². The first-order valence-electron chi connectivity index (χ1n) is 9.37. The molecule has 2 aliphatic heterocycles. The van der Waals surface area contributed by atoms with Gasteiger partial charge in [-0.3, -0.25) is 9.59 Å². The van der Waals surface area contributed by atoms with E-state index in [1.165, 1.54) is 5.56 Å². The molecule has 0 radical (unpaired) electrons. The minimum Gasteiger partial charge on any atom is -0.341 e. The first-order valence-corrected chi connectivity index (χ1v) is 9.37. The van der Waals surface area contributed by atoms with Gasteiger partial charge in [-0.2, -0.15) is 0 Å². The molecule has 2 aliphatic rings. The van der Waals surface area contributed by atoms with E-state index >= 15 is 0 Å². The molecule has 2 amide bonds. The van der Waals surface area contributed by atoms with Crippen LogP contribution in [0, 0.1) is 6.92 Å². The highest BCUT2D eigenvalue weighted by Crippen LogP contribution is 2.27. The minimum atomic E-state index is -0.406. The summed E-state index contributed by atoms with van der Waals surface area (Å²) in [6, 6.07) is 15.3. The van der Waals surface area contributed by atoms with E-state index in [4.69, 9.17) is 0 Å². The van der Waals surface area contributed by atoms with Crippen LogP contribution in [0.2, 0.25) is 0 Å². The summed E-state index contributed by atoms with van der Waals surface area (Å²) in [6.45, 7) is 4.12. The number of hydrogen-bond donors (Lipinski definition) is 0. The quantitative estimate of drug-likeness (QED) is 0.836. The van der Waals surface area contributed by atoms with Crippen molar-refractivity contribution in [1.82, 2.24) is 9.80 Å². The number of carbonyl (C=O) groups excluding carboxylic acids is 2. The fourth-order valence-electron chi connectivity index (χ4n) is 3.97. The molecule has 2 aromatic carbocycles. The highest BCUT2D eigenvalue weighted by molar-refractivity contribution is 5.98. The summed E-state index contributed by atoms with van der Waals surface area (Å²) < 4.78 is 0. The van der Waals surface area contributed by atoms with Crippen molar-refractivity contribution in [3.05, 3.63) is 70.8 Å². The number of hydrogen-bond acceptors (Lipinski definition) is 2. The Morgan fingerprint density at radius 3 is 2.27 bits per heavy atom. The summed E-state index contributed by atoms with van der Waals surface area (Å²) in [5.74, 6) is 0.0366. The number of nitrogens with zero attached hydrogens (tertiary/aromatic N) is 2. The number of amides is 2. The molecule has 0 aliphatic carbocycles. The number of rotatable bonds is 2. The van der Waals surface area contributed by atoms with E-state index in [2.05, 4.69) is 12.1 Å². The van der Waals surface area contributed by atoms with Gasteiger partial charge < -0.3 is 9.80 Å². The van der Waals surface area contributed by atoms with Crippen molar-refractivity contribution in [1.29, 1.82) is 0 Å². The van der Waals surface area contributed by atoms with Gasteiger partial charge in [0.25, 0.3) is 5.91 Å². The highest BCUT2D eigenvalue weighted by atomic mass is 16.2. The summed E-state index contributed by atoms with van der Waals surface area (Å²) in [4.78, 5) is 30.0. The molecule has 134 valence electrons. The van der Waals surface area contributed by atoms with Gasteiger partial charge in [-0.15, -0.1) is 0 Å². The van der Waals surface area contributed by atoms with Crippen molar-refractivity contribution in [3.63, 3.8) is 0 Å². The Morgan fingerprint density at radius 1 is 0.923 bits per heavy atom. The van der Waals surface area contributed by atoms with Crippen molar-refractivity contribution in [2.24, 2.45) is 0 Å². The van der Waals surface area contributed by atoms with Crippen molar-refractivity contribution >= 4 is 11.8 Å². The summed E-state index contributed by atoms with van der Waals surface area (Å²) in [5.41, 5.74) is 4.08. The summed E-state index contributed by atoms with van der Waals surface area (Å²) in [5, 5.41) is 0. The standard InChI is InChI=1S/C22H24N2O2/c1-16-8-10-17(11-9-16)21(25)24-15-19-7-3-2-6-18(19)14-20(24)22(26)23-12-4-5-13-23/h2-3,6-11,20H,4-5,12-15H2,1H3/t20-/m1/s1. The number of fused-ring (bicyclic) bond motifs is 1. The van der Waals surface area contributed by atoms with E-state index in [1.807, 2.05) is 48.2 Å². The van der Waals surface area contributed by atoms with Gasteiger partial charge in [-0.05, 0) is 43.0 Å². The lowest BCUT2D eigenvalue weighted by Crippen LogP contribution is -2.53. The fraction of sp³-hybridized carbons (Fsp3) is 0.364. The largest absolute Gasteiger partial charge is 0.341 e. The van der Waals surface area contributed by atoms with E-state index < -0.39 is 6.04 Å². The maximum atomic E-state index is 13.2. The third-order valence-electron chi connectivity index (χ3n) is 5.51. The molecule has 4 heteroatoms. The van der Waals surface area contributed by atoms with Crippen LogP contribution < -0.4 is 0 Å². The Bertz CT molecular complexity index is 822. The molecule has 1 atom stereocenters. The third-order valence-corrected chi connectivity index (χ3v) is 5.51. The maximum Gasteiger partial charge on any atom is 0.254 e. The number of likely N-dealkylation sites (tertiary alicyclic amines) is 1. The molecular weight excluding hydrogens is 324 g/mol. The van der Waals surface area contributed by atoms with Gasteiger partial charge in [0.05, 0.1) is 0 Å². The second-order valence-electron chi connectivity index (χ2n) is 7.32. The summed E-state index contributed by atoms with van der Waals surface area (Å²) >= 11 is 0. The predicted octanol–water partition coefficient (Wildman–Crippen LogP) is 3.18. The topological polar surface area (TPSA) is 40.6 Å². The van der Waals surface area contributed by atoms with Gasteiger partial charge in [0.15, 0.2) is 0 Å². The normalized spacial score (nSPS) is 19.3. The molecule has 4 nitrogen and oxygen atoms in total. The van der Waals surface area contributed by atoms with Crippen LogP contribution in [-0.2, 0) is 17.8 Å². The molecule has 0 aromatic heterocycles. The molecule has 0 bridgehead atoms. The Morgan fingerprint density at radius 2 is 1.58 bits per heavy atom. The monoisotopic (exact) mass is 348 g/mol. The van der Waals surface area contributed by atoms with Gasteiger partial charge in [0, 0.05) is 31.6 Å². The van der Waals surface area contributed by atoms with E-state index in [0.717, 1.165) is 37.1 Å². The van der Waals surface area contributed by atoms with E-state index in [1.54, 1.807) is 4.90 Å². The van der Waals surface area contributed by atoms with Gasteiger partial charge in [-0.1, -0.05) is 42.0 Å². The van der Waals surface area contributed by atoms with Crippen LogP contribution in [0.4, 0.5) is 0 Å². The van der Waals surface area contributed by atoms with E-state index in [9.17, 15) is 9.59 Å². The minimum absolute atomic E-state index is 0.0583. The molecular formula is C22H24N2O2. The molecule has 1 saturated heterocycles. The lowest BCUT2D eigenvalue weighted by atomic mass is 9.92. The lowest BCUT2D eigenvalue weighted by Gasteiger charge is -2.38. The molecule has 0 spiro atoms. The smallest absolute Gasteiger partial charge is 0.254 e. The van der Waals surface area contributed by atoms with Crippen LogP contribution in [-0.4, -0.2) is 40.7 Å². The third kappa shape index (κ3) is 3.12. The molecule has 2 heterocycles. The second kappa shape index (κ2) is 6.94. The Balaban J connectivity index is 1.67. The first kappa shape index (κ1) is 16.8. The Hall–Kier alpha value is -2.62. The van der Waals surface area contributed by atoms with Crippen LogP contribution in [0.1, 0.15) is 39.9 Å². The number of benzene rings is 2. The van der Waals surface area contributed by atoms with Gasteiger partial charge >= 0.3 is 0 Å². The summed E-state index contributed by atoms with van der Waals surface area (Å²) in [7, 11) is 0. The van der Waals surface area contributed by atoms with Crippen LogP contribution in [0.3, 0.4) is 0 Å². The zero-order valence-electron chi connectivity index (χ0n) is 15.1. The zero-order valence-corrected chi connectivity index (χ0v) is 15.1. The fourth-order valence-corrected chi connectivity index (χ4v) is 3.97. The molecule has 2 aromatic rings. The lowest BCUT2D eigenvalue weighted by molar-refractivity contribution is -0.135. The molecule has 0 unspecified atom stereocenters. The van der Waals surface area contributed by atoms with Crippen molar-refractivity contribution in [3.8, 4) is 0 Å².